The molecule has 6 fully saturated rings. The number of aromatic nitrogens is 2. The van der Waals surface area contributed by atoms with Crippen LogP contribution in [-0.4, -0.2) is 87.5 Å². The van der Waals surface area contributed by atoms with Crippen LogP contribution in [0.2, 0.25) is 0 Å². The van der Waals surface area contributed by atoms with Gasteiger partial charge in [-0.25, -0.2) is 18.4 Å². The summed E-state index contributed by atoms with van der Waals surface area (Å²) in [6.07, 6.45) is 19.0. The number of benzene rings is 2. The minimum absolute atomic E-state index is 0.0213. The standard InChI is InChI=1S/C24H25FN4O3.C21H21FN4O3.C3H4/c1-2-7-27-8-3-4-14-11-28(13-20(14)27)22-17(10-26)21-16(9-19(22)25)23(30)18(24(31)32)12-29(21)15-5-6-15;22-16-6-13-18(26(12-3-4-12)9-15(20(13)27)21(28)29)14(7-23)19(16)25-8-11-2-1-5-24-17(11)10-25;1-3-2/h2,7,9,12,14-15,20H,3-6,8,11,13H2,1H3,(H,31,32);6,9,11-12,17,24H,1-5,8,10H2,(H,28,29);1H,2H3/b7-2+;;. The highest BCUT2D eigenvalue weighted by Crippen LogP contribution is 2.43. The van der Waals surface area contributed by atoms with E-state index in [1.807, 2.05) is 22.8 Å². The molecule has 0 radical (unpaired) electrons. The van der Waals surface area contributed by atoms with E-state index < -0.39 is 45.6 Å². The Labute approximate surface area is 368 Å². The molecule has 2 aliphatic carbocycles. The van der Waals surface area contributed by atoms with Crippen LogP contribution >= 0.6 is 0 Å². The highest BCUT2D eigenvalue weighted by atomic mass is 19.1. The van der Waals surface area contributed by atoms with Gasteiger partial charge < -0.3 is 39.4 Å². The number of piperidine rings is 2. The van der Waals surface area contributed by atoms with E-state index in [4.69, 9.17) is 0 Å². The minimum Gasteiger partial charge on any atom is -0.477 e. The van der Waals surface area contributed by atoms with Gasteiger partial charge in [0.05, 0.1) is 39.2 Å². The zero-order valence-corrected chi connectivity index (χ0v) is 35.8. The van der Waals surface area contributed by atoms with E-state index in [1.165, 1.54) is 12.4 Å². The maximum Gasteiger partial charge on any atom is 0.341 e. The molecule has 14 nitrogen and oxygen atoms in total. The first kappa shape index (κ1) is 43.9. The number of anilines is 2. The quantitative estimate of drug-likeness (QED) is 0.175. The molecule has 6 heterocycles. The van der Waals surface area contributed by atoms with E-state index in [9.17, 15) is 39.9 Å². The number of fused-ring (bicyclic) bond motifs is 4. The van der Waals surface area contributed by atoms with Gasteiger partial charge in [0.1, 0.15) is 46.0 Å². The third-order valence-electron chi connectivity index (χ3n) is 13.4. The lowest BCUT2D eigenvalue weighted by Crippen LogP contribution is -2.41. The molecule has 2 aromatic heterocycles. The number of nitrogens with one attached hydrogen (secondary N) is 1. The van der Waals surface area contributed by atoms with Crippen molar-refractivity contribution in [2.24, 2.45) is 11.8 Å². The molecular weight excluding hydrogens is 823 g/mol. The van der Waals surface area contributed by atoms with Crippen molar-refractivity contribution in [3.05, 3.63) is 91.1 Å². The number of carboxylic acids is 2. The summed E-state index contributed by atoms with van der Waals surface area (Å²) in [7, 11) is 0. The molecule has 2 aromatic carbocycles. The number of aromatic carboxylic acids is 2. The SMILES string of the molecule is C#CC.C/C=C/N1CCCC2CN(c3c(F)cc4c(=O)c(C(=O)O)cn(C5CC5)c4c3C#N)CC21.N#Cc1c(N2CC3CCCNC3C2)c(F)cc2c(=O)c(C(=O)O)cn(C3CC3)c12. The number of allylic oxidation sites excluding steroid dienone is 1. The zero-order chi connectivity index (χ0) is 45.6. The van der Waals surface area contributed by atoms with Gasteiger partial charge in [0, 0.05) is 63.2 Å². The van der Waals surface area contributed by atoms with Gasteiger partial charge >= 0.3 is 11.9 Å². The van der Waals surface area contributed by atoms with Gasteiger partial charge in [0.15, 0.2) is 0 Å². The van der Waals surface area contributed by atoms with Crippen LogP contribution < -0.4 is 26.0 Å². The molecule has 0 bridgehead atoms. The molecule has 6 aliphatic rings. The van der Waals surface area contributed by atoms with Crippen LogP contribution in [0.25, 0.3) is 21.8 Å². The lowest BCUT2D eigenvalue weighted by atomic mass is 9.92. The van der Waals surface area contributed by atoms with Crippen LogP contribution in [0, 0.1) is 58.5 Å². The molecule has 16 heteroatoms. The molecule has 332 valence electrons. The van der Waals surface area contributed by atoms with Crippen molar-refractivity contribution in [1.82, 2.24) is 19.4 Å². The summed E-state index contributed by atoms with van der Waals surface area (Å²) in [5.41, 5.74) is -0.877. The Bertz CT molecular complexity index is 2830. The molecular formula is C48H50F2N8O6. The lowest BCUT2D eigenvalue weighted by molar-refractivity contribution is 0.0684. The molecule has 64 heavy (non-hydrogen) atoms. The summed E-state index contributed by atoms with van der Waals surface area (Å²) in [5, 5.41) is 42.3. The number of nitriles is 2. The minimum atomic E-state index is -1.35. The van der Waals surface area contributed by atoms with Gasteiger partial charge in [-0.2, -0.15) is 10.5 Å². The summed E-state index contributed by atoms with van der Waals surface area (Å²) >= 11 is 0. The average molecular weight is 873 g/mol. The van der Waals surface area contributed by atoms with Crippen LogP contribution in [0.3, 0.4) is 0 Å². The van der Waals surface area contributed by atoms with Gasteiger partial charge in [-0.1, -0.05) is 6.08 Å². The number of terminal acetylenes is 1. The number of carboxylic acid groups (broad SMARTS) is 2. The summed E-state index contributed by atoms with van der Waals surface area (Å²) in [4.78, 5) is 54.9. The normalized spacial score (nSPS) is 22.4. The van der Waals surface area contributed by atoms with Crippen molar-refractivity contribution in [1.29, 1.82) is 10.5 Å². The summed E-state index contributed by atoms with van der Waals surface area (Å²) < 4.78 is 34.1. The van der Waals surface area contributed by atoms with E-state index in [0.29, 0.717) is 49.0 Å². The van der Waals surface area contributed by atoms with Crippen molar-refractivity contribution in [3.63, 3.8) is 0 Å². The highest BCUT2D eigenvalue weighted by Gasteiger charge is 2.41. The fourth-order valence-corrected chi connectivity index (χ4v) is 10.4. The Balaban J connectivity index is 0.000000166. The largest absolute Gasteiger partial charge is 0.477 e. The average Bonchev–Trinajstić information content (AvgIpc) is 4.21. The maximum absolute atomic E-state index is 15.5. The Hall–Kier alpha value is -6.70. The number of likely N-dealkylation sites (tertiary alicyclic amines) is 1. The van der Waals surface area contributed by atoms with Crippen LogP contribution in [0.1, 0.15) is 109 Å². The molecule has 10 rings (SSSR count). The van der Waals surface area contributed by atoms with Crippen LogP contribution in [0.15, 0.2) is 46.4 Å². The number of halogens is 2. The van der Waals surface area contributed by atoms with Gasteiger partial charge in [-0.15, -0.1) is 12.3 Å². The zero-order valence-electron chi connectivity index (χ0n) is 35.8. The van der Waals surface area contributed by atoms with E-state index in [0.717, 1.165) is 76.6 Å². The molecule has 0 spiro atoms. The third kappa shape index (κ3) is 7.94. The van der Waals surface area contributed by atoms with Gasteiger partial charge in [-0.3, -0.25) is 9.59 Å². The smallest absolute Gasteiger partial charge is 0.341 e. The Morgan fingerprint density at radius 3 is 1.72 bits per heavy atom. The van der Waals surface area contributed by atoms with Gasteiger partial charge in [0.2, 0.25) is 10.9 Å². The van der Waals surface area contributed by atoms with Gasteiger partial charge in [0.25, 0.3) is 0 Å². The topological polar surface area (TPSA) is 188 Å². The molecule has 4 aliphatic heterocycles. The first-order chi connectivity index (χ1) is 30.8. The molecule has 4 unspecified atom stereocenters. The lowest BCUT2D eigenvalue weighted by Gasteiger charge is -2.36. The number of hydrogen-bond acceptors (Lipinski definition) is 10. The van der Waals surface area contributed by atoms with E-state index >= 15 is 8.78 Å². The first-order valence-electron chi connectivity index (χ1n) is 21.9. The predicted octanol–water partition coefficient (Wildman–Crippen LogP) is 6.35. The second-order valence-corrected chi connectivity index (χ2v) is 17.6. The first-order valence-corrected chi connectivity index (χ1v) is 21.9. The van der Waals surface area contributed by atoms with E-state index in [1.54, 1.807) is 16.1 Å². The number of pyridine rings is 2. The van der Waals surface area contributed by atoms with Crippen LogP contribution in [0.5, 0.6) is 0 Å². The molecule has 4 atom stereocenters. The van der Waals surface area contributed by atoms with Crippen molar-refractivity contribution in [2.75, 3.05) is 49.1 Å². The number of carbonyl (C=O) groups is 2. The van der Waals surface area contributed by atoms with E-state index in [2.05, 4.69) is 40.9 Å². The van der Waals surface area contributed by atoms with E-state index in [-0.39, 0.29) is 57.4 Å². The summed E-state index contributed by atoms with van der Waals surface area (Å²) in [5.74, 6) is -0.945. The molecule has 4 aromatic rings. The third-order valence-corrected chi connectivity index (χ3v) is 13.4. The Morgan fingerprint density at radius 2 is 1.27 bits per heavy atom. The summed E-state index contributed by atoms with van der Waals surface area (Å²) in [6.45, 7) is 8.07. The molecule has 3 N–H and O–H groups in total. The molecule has 0 amide bonds. The maximum atomic E-state index is 15.5. The van der Waals surface area contributed by atoms with Crippen molar-refractivity contribution >= 4 is 45.1 Å². The molecule has 4 saturated heterocycles. The van der Waals surface area contributed by atoms with Crippen LogP contribution in [0.4, 0.5) is 20.2 Å². The molecule has 2 saturated carbocycles. The van der Waals surface area contributed by atoms with Crippen molar-refractivity contribution in [3.8, 4) is 24.5 Å². The second-order valence-electron chi connectivity index (χ2n) is 17.6. The number of rotatable bonds is 7. The fraction of sp³-hybridized carbons (Fsp3) is 0.458. The number of hydrogen-bond donors (Lipinski definition) is 3. The highest BCUT2D eigenvalue weighted by molar-refractivity contribution is 5.98. The number of nitrogens with zero attached hydrogens (tertiary/aromatic N) is 7. The van der Waals surface area contributed by atoms with Gasteiger partial charge in [-0.05, 0) is 102 Å². The predicted molar refractivity (Wildman–Crippen MR) is 238 cm³/mol. The van der Waals surface area contributed by atoms with Crippen molar-refractivity contribution < 1.29 is 28.6 Å². The second kappa shape index (κ2) is 17.8. The summed E-state index contributed by atoms with van der Waals surface area (Å²) in [6, 6.07) is 7.11. The van der Waals surface area contributed by atoms with Crippen LogP contribution in [-0.2, 0) is 0 Å². The Kier molecular flexibility index (Phi) is 12.2. The fourth-order valence-electron chi connectivity index (χ4n) is 10.4. The monoisotopic (exact) mass is 872 g/mol. The Morgan fingerprint density at radius 1 is 0.781 bits per heavy atom. The van der Waals surface area contributed by atoms with Crippen molar-refractivity contribution in [2.45, 2.75) is 89.4 Å².